The zero-order chi connectivity index (χ0) is 8.67. The van der Waals surface area contributed by atoms with Crippen LogP contribution in [0, 0.1) is 23.7 Å². The van der Waals surface area contributed by atoms with Crippen molar-refractivity contribution in [3.05, 3.63) is 24.3 Å². The molecule has 3 aliphatic rings. The smallest absolute Gasteiger partial charge is 0.0196 e. The lowest BCUT2D eigenvalue weighted by Crippen LogP contribution is -2.20. The van der Waals surface area contributed by atoms with E-state index in [9.17, 15) is 0 Å². The molecule has 0 heterocycles. The first-order valence-corrected chi connectivity index (χ1v) is 5.78. The van der Waals surface area contributed by atoms with Crippen LogP contribution in [0.3, 0.4) is 0 Å². The SMILES string of the molecule is C1=CCCC2C3C=CC(C3)C2CC1. The van der Waals surface area contributed by atoms with Crippen LogP contribution in [0.5, 0.6) is 0 Å². The molecule has 13 heavy (non-hydrogen) atoms. The highest BCUT2D eigenvalue weighted by atomic mass is 14.5. The Kier molecular flexibility index (Phi) is 1.81. The van der Waals surface area contributed by atoms with Crippen molar-refractivity contribution >= 4 is 0 Å². The second-order valence-electron chi connectivity index (χ2n) is 4.90. The normalized spacial score (nSPS) is 47.4. The Balaban J connectivity index is 1.83. The molecular weight excluding hydrogens is 156 g/mol. The van der Waals surface area contributed by atoms with Crippen LogP contribution in [0.1, 0.15) is 32.1 Å². The fourth-order valence-electron chi connectivity index (χ4n) is 3.70. The van der Waals surface area contributed by atoms with Crippen LogP contribution in [0.25, 0.3) is 0 Å². The molecule has 0 aromatic rings. The summed E-state index contributed by atoms with van der Waals surface area (Å²) in [5.41, 5.74) is 0. The fourth-order valence-corrected chi connectivity index (χ4v) is 3.70. The topological polar surface area (TPSA) is 0 Å². The lowest BCUT2D eigenvalue weighted by atomic mass is 9.77. The van der Waals surface area contributed by atoms with Gasteiger partial charge in [0, 0.05) is 0 Å². The zero-order valence-electron chi connectivity index (χ0n) is 8.15. The van der Waals surface area contributed by atoms with Gasteiger partial charge in [-0.25, -0.2) is 0 Å². The highest BCUT2D eigenvalue weighted by Gasteiger charge is 2.43. The molecule has 2 bridgehead atoms. The van der Waals surface area contributed by atoms with Gasteiger partial charge in [-0.3, -0.25) is 0 Å². The van der Waals surface area contributed by atoms with Crippen LogP contribution in [0.15, 0.2) is 24.3 Å². The maximum Gasteiger partial charge on any atom is -0.0196 e. The van der Waals surface area contributed by atoms with Gasteiger partial charge in [0.05, 0.1) is 0 Å². The highest BCUT2D eigenvalue weighted by Crippen LogP contribution is 2.51. The minimum atomic E-state index is 0.960. The summed E-state index contributed by atoms with van der Waals surface area (Å²) in [6, 6.07) is 0. The predicted octanol–water partition coefficient (Wildman–Crippen LogP) is 3.55. The van der Waals surface area contributed by atoms with Crippen LogP contribution in [0.2, 0.25) is 0 Å². The third kappa shape index (κ3) is 1.19. The summed E-state index contributed by atoms with van der Waals surface area (Å²) in [6.45, 7) is 0. The summed E-state index contributed by atoms with van der Waals surface area (Å²) in [4.78, 5) is 0. The summed E-state index contributed by atoms with van der Waals surface area (Å²) < 4.78 is 0. The second kappa shape index (κ2) is 3.01. The highest BCUT2D eigenvalue weighted by molar-refractivity contribution is 5.14. The van der Waals surface area contributed by atoms with E-state index in [0.29, 0.717) is 0 Å². The molecule has 0 aliphatic heterocycles. The van der Waals surface area contributed by atoms with E-state index in [-0.39, 0.29) is 0 Å². The summed E-state index contributed by atoms with van der Waals surface area (Å²) in [7, 11) is 0. The van der Waals surface area contributed by atoms with Gasteiger partial charge in [-0.1, -0.05) is 24.3 Å². The summed E-state index contributed by atoms with van der Waals surface area (Å²) in [5.74, 6) is 4.00. The van der Waals surface area contributed by atoms with Gasteiger partial charge in [0.1, 0.15) is 0 Å². The van der Waals surface area contributed by atoms with E-state index in [1.165, 1.54) is 32.1 Å². The molecule has 0 heteroatoms. The van der Waals surface area contributed by atoms with Gasteiger partial charge >= 0.3 is 0 Å². The van der Waals surface area contributed by atoms with Crippen molar-refractivity contribution < 1.29 is 0 Å². The number of rotatable bonds is 0. The van der Waals surface area contributed by atoms with Gasteiger partial charge in [0.25, 0.3) is 0 Å². The molecule has 0 N–H and O–H groups in total. The molecule has 0 aromatic heterocycles. The maximum absolute atomic E-state index is 2.50. The molecule has 3 rings (SSSR count). The lowest BCUT2D eigenvalue weighted by molar-refractivity contribution is 0.274. The monoisotopic (exact) mass is 174 g/mol. The number of fused-ring (bicyclic) bond motifs is 5. The number of hydrogen-bond donors (Lipinski definition) is 0. The molecule has 1 saturated carbocycles. The van der Waals surface area contributed by atoms with Crippen LogP contribution in [0.4, 0.5) is 0 Å². The quantitative estimate of drug-likeness (QED) is 0.493. The largest absolute Gasteiger partial charge is 0.0885 e. The van der Waals surface area contributed by atoms with Crippen molar-refractivity contribution in [3.8, 4) is 0 Å². The van der Waals surface area contributed by atoms with Crippen LogP contribution in [-0.4, -0.2) is 0 Å². The minimum absolute atomic E-state index is 0.960. The Morgan fingerprint density at radius 2 is 1.31 bits per heavy atom. The Hall–Kier alpha value is -0.520. The average Bonchev–Trinajstić information content (AvgIpc) is 2.62. The summed E-state index contributed by atoms with van der Waals surface area (Å²) in [5, 5.41) is 0. The first-order valence-electron chi connectivity index (χ1n) is 5.78. The second-order valence-corrected chi connectivity index (χ2v) is 4.90. The third-order valence-corrected chi connectivity index (χ3v) is 4.30. The molecule has 3 aliphatic carbocycles. The Morgan fingerprint density at radius 3 is 1.85 bits per heavy atom. The summed E-state index contributed by atoms with van der Waals surface area (Å²) >= 11 is 0. The molecule has 4 unspecified atom stereocenters. The van der Waals surface area contributed by atoms with E-state index in [1.54, 1.807) is 0 Å². The molecule has 0 saturated heterocycles. The maximum atomic E-state index is 2.50. The molecule has 0 nitrogen and oxygen atoms in total. The minimum Gasteiger partial charge on any atom is -0.0885 e. The lowest BCUT2D eigenvalue weighted by Gasteiger charge is -2.28. The van der Waals surface area contributed by atoms with Gasteiger partial charge < -0.3 is 0 Å². The van der Waals surface area contributed by atoms with Gasteiger partial charge in [0.15, 0.2) is 0 Å². The Morgan fingerprint density at radius 1 is 0.769 bits per heavy atom. The first-order chi connectivity index (χ1) is 6.45. The molecule has 0 aromatic carbocycles. The predicted molar refractivity (Wildman–Crippen MR) is 55.3 cm³/mol. The van der Waals surface area contributed by atoms with Crippen molar-refractivity contribution in [1.82, 2.24) is 0 Å². The van der Waals surface area contributed by atoms with Crippen molar-refractivity contribution in [2.24, 2.45) is 23.7 Å². The molecule has 0 radical (unpaired) electrons. The van der Waals surface area contributed by atoms with Crippen molar-refractivity contribution in [3.63, 3.8) is 0 Å². The van der Waals surface area contributed by atoms with Gasteiger partial charge in [-0.05, 0) is 55.8 Å². The van der Waals surface area contributed by atoms with Gasteiger partial charge in [0.2, 0.25) is 0 Å². The van der Waals surface area contributed by atoms with E-state index < -0.39 is 0 Å². The molecule has 1 fully saturated rings. The van der Waals surface area contributed by atoms with E-state index in [0.717, 1.165) is 23.7 Å². The fraction of sp³-hybridized carbons (Fsp3) is 0.692. The number of hydrogen-bond acceptors (Lipinski definition) is 0. The number of allylic oxidation sites excluding steroid dienone is 4. The zero-order valence-corrected chi connectivity index (χ0v) is 8.15. The van der Waals surface area contributed by atoms with E-state index in [1.807, 2.05) is 0 Å². The van der Waals surface area contributed by atoms with E-state index in [2.05, 4.69) is 24.3 Å². The van der Waals surface area contributed by atoms with Gasteiger partial charge in [-0.15, -0.1) is 0 Å². The molecular formula is C13H18. The van der Waals surface area contributed by atoms with Gasteiger partial charge in [-0.2, -0.15) is 0 Å². The van der Waals surface area contributed by atoms with Crippen LogP contribution in [-0.2, 0) is 0 Å². The standard InChI is InChI=1S/C13H18/c1-2-4-6-13-11-8-7-10(9-11)12(13)5-3-1/h1-2,7-8,10-13H,3-6,9H2. The molecule has 0 spiro atoms. The molecule has 70 valence electrons. The first kappa shape index (κ1) is 7.84. The average molecular weight is 174 g/mol. The van der Waals surface area contributed by atoms with E-state index in [4.69, 9.17) is 0 Å². The summed E-state index contributed by atoms with van der Waals surface area (Å²) in [6.07, 6.45) is 16.8. The molecule has 4 atom stereocenters. The third-order valence-electron chi connectivity index (χ3n) is 4.30. The van der Waals surface area contributed by atoms with Crippen molar-refractivity contribution in [2.75, 3.05) is 0 Å². The van der Waals surface area contributed by atoms with Crippen LogP contribution >= 0.6 is 0 Å². The van der Waals surface area contributed by atoms with Crippen molar-refractivity contribution in [2.45, 2.75) is 32.1 Å². The van der Waals surface area contributed by atoms with E-state index >= 15 is 0 Å². The Bertz CT molecular complexity index is 225. The van der Waals surface area contributed by atoms with Crippen molar-refractivity contribution in [1.29, 1.82) is 0 Å². The van der Waals surface area contributed by atoms with Crippen LogP contribution < -0.4 is 0 Å². The molecule has 0 amide bonds. The Labute approximate surface area is 80.7 Å².